The normalized spacial score (nSPS) is 12.4. The van der Waals surface area contributed by atoms with Gasteiger partial charge >= 0.3 is 0 Å². The minimum absolute atomic E-state index is 0.162. The first-order chi connectivity index (χ1) is 13.0. The second kappa shape index (κ2) is 7.42. The fourth-order valence-corrected chi connectivity index (χ4v) is 3.94. The Labute approximate surface area is 172 Å². The Balaban J connectivity index is 1.70. The van der Waals surface area contributed by atoms with E-state index >= 15 is 0 Å². The molecule has 2 aromatic heterocycles. The van der Waals surface area contributed by atoms with E-state index in [1.54, 1.807) is 23.0 Å². The molecule has 0 fully saturated rings. The van der Waals surface area contributed by atoms with Crippen molar-refractivity contribution in [2.24, 2.45) is 0 Å². The minimum atomic E-state index is -0.798. The SMILES string of the molecule is O=c1c2cc(-c3cccc(Br)c3)nn2ccn1CC(O)c1ccccc1Br. The molecule has 136 valence electrons. The van der Waals surface area contributed by atoms with Crippen LogP contribution in [-0.2, 0) is 6.54 Å². The zero-order chi connectivity index (χ0) is 19.0. The molecule has 0 amide bonds. The Hall–Kier alpha value is -2.22. The van der Waals surface area contributed by atoms with Crippen molar-refractivity contribution in [2.45, 2.75) is 12.6 Å². The van der Waals surface area contributed by atoms with Crippen molar-refractivity contribution < 1.29 is 5.11 Å². The van der Waals surface area contributed by atoms with Crippen molar-refractivity contribution in [1.29, 1.82) is 0 Å². The lowest BCUT2D eigenvalue weighted by Crippen LogP contribution is -2.24. The molecular weight excluding hydrogens is 474 g/mol. The van der Waals surface area contributed by atoms with Gasteiger partial charge in [-0.2, -0.15) is 5.10 Å². The molecule has 0 bridgehead atoms. The molecule has 0 saturated heterocycles. The summed E-state index contributed by atoms with van der Waals surface area (Å²) in [6.45, 7) is 0.162. The van der Waals surface area contributed by atoms with Crippen LogP contribution in [0, 0.1) is 0 Å². The summed E-state index contributed by atoms with van der Waals surface area (Å²) in [6.07, 6.45) is 2.58. The predicted octanol–water partition coefficient (Wildman–Crippen LogP) is 4.42. The van der Waals surface area contributed by atoms with Crippen molar-refractivity contribution in [1.82, 2.24) is 14.2 Å². The third-order valence-electron chi connectivity index (χ3n) is 4.36. The van der Waals surface area contributed by atoms with E-state index in [1.807, 2.05) is 48.5 Å². The molecule has 1 N–H and O–H groups in total. The van der Waals surface area contributed by atoms with E-state index in [-0.39, 0.29) is 12.1 Å². The van der Waals surface area contributed by atoms with Crippen LogP contribution in [0.1, 0.15) is 11.7 Å². The molecule has 2 heterocycles. The number of benzene rings is 2. The van der Waals surface area contributed by atoms with Crippen LogP contribution in [-0.4, -0.2) is 19.3 Å². The van der Waals surface area contributed by atoms with Crippen LogP contribution >= 0.6 is 31.9 Å². The Kier molecular flexibility index (Phi) is 4.99. The number of fused-ring (bicyclic) bond motifs is 1. The molecule has 2 aromatic carbocycles. The fraction of sp³-hybridized carbons (Fsp3) is 0.100. The second-order valence-corrected chi connectivity index (χ2v) is 7.93. The standard InChI is InChI=1S/C20H15Br2N3O2/c21-14-5-3-4-13(10-14)17-11-18-20(27)24(8-9-25(18)23-17)12-19(26)15-6-1-2-7-16(15)22/h1-11,19,26H,12H2. The van der Waals surface area contributed by atoms with Crippen LogP contribution in [0.5, 0.6) is 0 Å². The number of aliphatic hydroxyl groups is 1. The highest BCUT2D eigenvalue weighted by molar-refractivity contribution is 9.10. The lowest BCUT2D eigenvalue weighted by molar-refractivity contribution is 0.154. The van der Waals surface area contributed by atoms with Crippen LogP contribution in [0.2, 0.25) is 0 Å². The molecule has 0 spiro atoms. The molecule has 4 aromatic rings. The number of nitrogens with zero attached hydrogens (tertiary/aromatic N) is 3. The zero-order valence-electron chi connectivity index (χ0n) is 14.1. The molecule has 27 heavy (non-hydrogen) atoms. The van der Waals surface area contributed by atoms with E-state index in [0.29, 0.717) is 5.52 Å². The van der Waals surface area contributed by atoms with Gasteiger partial charge in [-0.1, -0.05) is 62.2 Å². The average molecular weight is 489 g/mol. The second-order valence-electron chi connectivity index (χ2n) is 6.16. The van der Waals surface area contributed by atoms with Gasteiger partial charge in [0.2, 0.25) is 0 Å². The van der Waals surface area contributed by atoms with Crippen molar-refractivity contribution in [2.75, 3.05) is 0 Å². The van der Waals surface area contributed by atoms with Crippen LogP contribution in [0.25, 0.3) is 16.8 Å². The molecule has 0 aliphatic carbocycles. The monoisotopic (exact) mass is 487 g/mol. The van der Waals surface area contributed by atoms with Gasteiger partial charge in [-0.3, -0.25) is 4.79 Å². The predicted molar refractivity (Wildman–Crippen MR) is 112 cm³/mol. The summed E-state index contributed by atoms with van der Waals surface area (Å²) in [5.74, 6) is 0. The van der Waals surface area contributed by atoms with Gasteiger partial charge in [0.05, 0.1) is 18.3 Å². The zero-order valence-corrected chi connectivity index (χ0v) is 17.3. The molecule has 0 aliphatic heterocycles. The summed E-state index contributed by atoms with van der Waals surface area (Å²) in [6, 6.07) is 17.0. The third-order valence-corrected chi connectivity index (χ3v) is 5.57. The summed E-state index contributed by atoms with van der Waals surface area (Å²) < 4.78 is 4.84. The van der Waals surface area contributed by atoms with E-state index in [0.717, 1.165) is 25.8 Å². The summed E-state index contributed by atoms with van der Waals surface area (Å²) in [4.78, 5) is 12.9. The number of hydrogen-bond donors (Lipinski definition) is 1. The highest BCUT2D eigenvalue weighted by atomic mass is 79.9. The van der Waals surface area contributed by atoms with Crippen molar-refractivity contribution in [3.05, 3.63) is 91.9 Å². The largest absolute Gasteiger partial charge is 0.386 e. The van der Waals surface area contributed by atoms with Gasteiger partial charge < -0.3 is 9.67 Å². The van der Waals surface area contributed by atoms with Gasteiger partial charge in [-0.05, 0) is 29.8 Å². The summed E-state index contributed by atoms with van der Waals surface area (Å²) in [7, 11) is 0. The summed E-state index contributed by atoms with van der Waals surface area (Å²) in [5, 5.41) is 15.0. The average Bonchev–Trinajstić information content (AvgIpc) is 3.09. The van der Waals surface area contributed by atoms with E-state index in [4.69, 9.17) is 0 Å². The first-order valence-electron chi connectivity index (χ1n) is 8.30. The van der Waals surface area contributed by atoms with Gasteiger partial charge in [0.15, 0.2) is 0 Å². The van der Waals surface area contributed by atoms with Crippen LogP contribution in [0.3, 0.4) is 0 Å². The molecule has 1 unspecified atom stereocenters. The smallest absolute Gasteiger partial charge is 0.276 e. The maximum atomic E-state index is 12.9. The molecule has 7 heteroatoms. The number of aliphatic hydroxyl groups excluding tert-OH is 1. The van der Waals surface area contributed by atoms with E-state index in [1.165, 1.54) is 4.57 Å². The lowest BCUT2D eigenvalue weighted by atomic mass is 10.1. The Bertz CT molecular complexity index is 1180. The van der Waals surface area contributed by atoms with Crippen molar-refractivity contribution >= 4 is 37.4 Å². The summed E-state index contributed by atoms with van der Waals surface area (Å²) >= 11 is 6.89. The number of rotatable bonds is 4. The van der Waals surface area contributed by atoms with Crippen LogP contribution in [0.4, 0.5) is 0 Å². The highest BCUT2D eigenvalue weighted by Gasteiger charge is 2.14. The molecule has 0 radical (unpaired) electrons. The highest BCUT2D eigenvalue weighted by Crippen LogP contribution is 2.25. The van der Waals surface area contributed by atoms with E-state index in [9.17, 15) is 9.90 Å². The Morgan fingerprint density at radius 1 is 1.04 bits per heavy atom. The lowest BCUT2D eigenvalue weighted by Gasteiger charge is -2.14. The van der Waals surface area contributed by atoms with Gasteiger partial charge in [0.1, 0.15) is 5.52 Å². The molecule has 0 saturated carbocycles. The fourth-order valence-electron chi connectivity index (χ4n) is 2.99. The van der Waals surface area contributed by atoms with Crippen molar-refractivity contribution in [3.8, 4) is 11.3 Å². The van der Waals surface area contributed by atoms with Gasteiger partial charge in [0.25, 0.3) is 5.56 Å². The topological polar surface area (TPSA) is 59.5 Å². The quantitative estimate of drug-likeness (QED) is 0.462. The Morgan fingerprint density at radius 3 is 2.63 bits per heavy atom. The number of hydrogen-bond acceptors (Lipinski definition) is 3. The first-order valence-corrected chi connectivity index (χ1v) is 9.89. The van der Waals surface area contributed by atoms with Gasteiger partial charge in [-0.25, -0.2) is 4.52 Å². The Morgan fingerprint density at radius 2 is 1.85 bits per heavy atom. The minimum Gasteiger partial charge on any atom is -0.386 e. The van der Waals surface area contributed by atoms with Crippen molar-refractivity contribution in [3.63, 3.8) is 0 Å². The molecule has 5 nitrogen and oxygen atoms in total. The molecular formula is C20H15Br2N3O2. The maximum Gasteiger partial charge on any atom is 0.276 e. The summed E-state index contributed by atoms with van der Waals surface area (Å²) in [5.41, 5.74) is 2.65. The maximum absolute atomic E-state index is 12.9. The molecule has 0 aliphatic rings. The van der Waals surface area contributed by atoms with E-state index < -0.39 is 6.10 Å². The third kappa shape index (κ3) is 3.63. The molecule has 1 atom stereocenters. The van der Waals surface area contributed by atoms with Crippen LogP contribution in [0.15, 0.2) is 80.7 Å². The van der Waals surface area contributed by atoms with Gasteiger partial charge in [-0.15, -0.1) is 0 Å². The van der Waals surface area contributed by atoms with Crippen LogP contribution < -0.4 is 5.56 Å². The van der Waals surface area contributed by atoms with E-state index in [2.05, 4.69) is 37.0 Å². The molecule has 4 rings (SSSR count). The number of halogens is 2. The van der Waals surface area contributed by atoms with Gasteiger partial charge in [0, 0.05) is 26.9 Å². The number of aromatic nitrogens is 3. The first kappa shape index (κ1) is 18.2.